The molecule has 36 heavy (non-hydrogen) atoms. The Labute approximate surface area is 213 Å². The van der Waals surface area contributed by atoms with E-state index in [4.69, 9.17) is 9.47 Å². The average molecular weight is 477 g/mol. The van der Waals surface area contributed by atoms with Crippen molar-refractivity contribution in [2.45, 2.75) is 32.2 Å². The third-order valence-corrected chi connectivity index (χ3v) is 7.51. The van der Waals surface area contributed by atoms with Crippen molar-refractivity contribution in [1.29, 1.82) is 0 Å². The van der Waals surface area contributed by atoms with Crippen molar-refractivity contribution in [2.24, 2.45) is 0 Å². The topological polar surface area (TPSA) is 24.9 Å². The molecule has 2 aliphatic heterocycles. The molecule has 0 spiro atoms. The minimum absolute atomic E-state index is 0.157. The highest BCUT2D eigenvalue weighted by Crippen LogP contribution is 2.39. The molecule has 4 nitrogen and oxygen atoms in total. The Morgan fingerprint density at radius 2 is 1.39 bits per heavy atom. The summed E-state index contributed by atoms with van der Waals surface area (Å²) in [6.07, 6.45) is 7.78. The third-order valence-electron chi connectivity index (χ3n) is 7.51. The van der Waals surface area contributed by atoms with Gasteiger partial charge in [-0.05, 0) is 66.1 Å². The number of para-hydroxylation sites is 2. The van der Waals surface area contributed by atoms with Gasteiger partial charge >= 0.3 is 0 Å². The number of hydrogen-bond acceptors (Lipinski definition) is 4. The lowest BCUT2D eigenvalue weighted by atomic mass is 9.76. The van der Waals surface area contributed by atoms with Crippen LogP contribution in [0.2, 0.25) is 0 Å². The zero-order valence-electron chi connectivity index (χ0n) is 21.0. The van der Waals surface area contributed by atoms with Crippen LogP contribution in [-0.2, 0) is 16.7 Å². The van der Waals surface area contributed by atoms with Gasteiger partial charge in [0.15, 0.2) is 13.5 Å². The van der Waals surface area contributed by atoms with Gasteiger partial charge in [-0.3, -0.25) is 0 Å². The van der Waals surface area contributed by atoms with Crippen molar-refractivity contribution < 1.29 is 9.47 Å². The van der Waals surface area contributed by atoms with E-state index < -0.39 is 0 Å². The Hall–Kier alpha value is -3.92. The zero-order chi connectivity index (χ0) is 24.5. The molecular formula is C32H32N2O2. The van der Waals surface area contributed by atoms with Crippen molar-refractivity contribution in [3.8, 4) is 5.75 Å². The summed E-state index contributed by atoms with van der Waals surface area (Å²) in [5.74, 6) is 2.00. The molecule has 4 heteroatoms. The second-order valence-corrected chi connectivity index (χ2v) is 10.2. The molecule has 0 amide bonds. The van der Waals surface area contributed by atoms with Crippen molar-refractivity contribution in [3.05, 3.63) is 125 Å². The highest BCUT2D eigenvalue weighted by atomic mass is 16.5. The van der Waals surface area contributed by atoms with E-state index in [1.807, 2.05) is 0 Å². The summed E-state index contributed by atoms with van der Waals surface area (Å²) in [4.78, 5) is 4.56. The van der Waals surface area contributed by atoms with Crippen LogP contribution in [0.15, 0.2) is 114 Å². The molecule has 0 bridgehead atoms. The molecule has 1 saturated heterocycles. The van der Waals surface area contributed by atoms with Gasteiger partial charge in [0.1, 0.15) is 11.5 Å². The minimum Gasteiger partial charge on any atom is -0.473 e. The van der Waals surface area contributed by atoms with Crippen LogP contribution >= 0.6 is 0 Å². The van der Waals surface area contributed by atoms with E-state index in [0.29, 0.717) is 13.5 Å². The molecule has 0 unspecified atom stereocenters. The molecule has 0 radical (unpaired) electrons. The Morgan fingerprint density at radius 1 is 0.722 bits per heavy atom. The first-order valence-corrected chi connectivity index (χ1v) is 12.7. The quantitative estimate of drug-likeness (QED) is 0.407. The van der Waals surface area contributed by atoms with Crippen molar-refractivity contribution >= 4 is 11.4 Å². The predicted molar refractivity (Wildman–Crippen MR) is 146 cm³/mol. The van der Waals surface area contributed by atoms with Crippen LogP contribution in [0.4, 0.5) is 11.4 Å². The molecule has 0 N–H and O–H groups in total. The lowest BCUT2D eigenvalue weighted by Crippen LogP contribution is -2.34. The molecule has 0 saturated carbocycles. The maximum Gasteiger partial charge on any atom is 0.161 e. The van der Waals surface area contributed by atoms with Gasteiger partial charge in [0.25, 0.3) is 0 Å². The summed E-state index contributed by atoms with van der Waals surface area (Å²) in [5, 5.41) is 0. The van der Waals surface area contributed by atoms with Gasteiger partial charge in [-0.15, -0.1) is 0 Å². The Bertz CT molecular complexity index is 1340. The van der Waals surface area contributed by atoms with E-state index in [-0.39, 0.29) is 5.41 Å². The fraction of sp³-hybridized carbons (Fsp3) is 0.250. The first-order chi connectivity index (χ1) is 17.6. The molecule has 3 aromatic rings. The molecule has 3 aliphatic rings. The Kier molecular flexibility index (Phi) is 5.80. The summed E-state index contributed by atoms with van der Waals surface area (Å²) in [7, 11) is 0. The molecule has 0 aromatic heterocycles. The summed E-state index contributed by atoms with van der Waals surface area (Å²) >= 11 is 0. The molecule has 3 aromatic carbocycles. The van der Waals surface area contributed by atoms with Crippen LogP contribution in [0, 0.1) is 0 Å². The van der Waals surface area contributed by atoms with E-state index in [0.717, 1.165) is 31.0 Å². The van der Waals surface area contributed by atoms with Gasteiger partial charge in [-0.1, -0.05) is 62.4 Å². The van der Waals surface area contributed by atoms with E-state index in [1.165, 1.54) is 33.6 Å². The molecule has 1 fully saturated rings. The monoisotopic (exact) mass is 476 g/mol. The average Bonchev–Trinajstić information content (AvgIpc) is 3.16. The van der Waals surface area contributed by atoms with Gasteiger partial charge < -0.3 is 19.3 Å². The smallest absolute Gasteiger partial charge is 0.161 e. The predicted octanol–water partition coefficient (Wildman–Crippen LogP) is 6.96. The standard InChI is InChI=1S/C32H32N2O2/c1-32(2,27-16-17-31-25(19-27)21-34(23-36-31)29-13-7-4-8-14-29)26-10-9-15-30-24(18-26)20-33(22-35-30)28-11-5-3-6-12-28/h3-8,10-19H,9,20-23H2,1-2H3. The van der Waals surface area contributed by atoms with Gasteiger partial charge in [0, 0.05) is 41.0 Å². The van der Waals surface area contributed by atoms with Crippen LogP contribution in [-0.4, -0.2) is 20.0 Å². The molecular weight excluding hydrogens is 444 g/mol. The van der Waals surface area contributed by atoms with Gasteiger partial charge in [0.05, 0.1) is 0 Å². The van der Waals surface area contributed by atoms with Gasteiger partial charge in [-0.2, -0.15) is 0 Å². The molecule has 182 valence electrons. The first kappa shape index (κ1) is 22.5. The lowest BCUT2D eigenvalue weighted by Gasteiger charge is -2.34. The normalized spacial score (nSPS) is 17.4. The number of allylic oxidation sites excluding steroid dienone is 4. The fourth-order valence-corrected chi connectivity index (χ4v) is 5.26. The number of benzene rings is 3. The largest absolute Gasteiger partial charge is 0.473 e. The highest BCUT2D eigenvalue weighted by Gasteiger charge is 2.30. The Balaban J connectivity index is 1.27. The Morgan fingerprint density at radius 3 is 2.11 bits per heavy atom. The maximum atomic E-state index is 6.19. The summed E-state index contributed by atoms with van der Waals surface area (Å²) in [6.45, 7) is 7.47. The second-order valence-electron chi connectivity index (χ2n) is 10.2. The van der Waals surface area contributed by atoms with Crippen LogP contribution in [0.5, 0.6) is 5.75 Å². The first-order valence-electron chi connectivity index (χ1n) is 12.7. The van der Waals surface area contributed by atoms with Gasteiger partial charge in [0.2, 0.25) is 0 Å². The number of ether oxygens (including phenoxy) is 2. The number of fused-ring (bicyclic) bond motifs is 2. The van der Waals surface area contributed by atoms with E-state index in [2.05, 4.69) is 121 Å². The highest BCUT2D eigenvalue weighted by molar-refractivity contribution is 5.55. The molecule has 2 heterocycles. The maximum absolute atomic E-state index is 6.19. The zero-order valence-corrected chi connectivity index (χ0v) is 21.0. The fourth-order valence-electron chi connectivity index (χ4n) is 5.26. The number of nitrogens with zero attached hydrogens (tertiary/aromatic N) is 2. The van der Waals surface area contributed by atoms with E-state index >= 15 is 0 Å². The summed E-state index contributed by atoms with van der Waals surface area (Å²) < 4.78 is 12.3. The number of rotatable bonds is 4. The minimum atomic E-state index is -0.157. The number of anilines is 2. The molecule has 6 rings (SSSR count). The van der Waals surface area contributed by atoms with E-state index in [9.17, 15) is 0 Å². The van der Waals surface area contributed by atoms with Crippen molar-refractivity contribution in [1.82, 2.24) is 0 Å². The van der Waals surface area contributed by atoms with E-state index in [1.54, 1.807) is 0 Å². The van der Waals surface area contributed by atoms with Crippen LogP contribution in [0.1, 0.15) is 31.4 Å². The SMILES string of the molecule is CC(C)(C1=CCC=C2OCN(c3ccccc3)CC2=C1)c1ccc2c(c1)CN(c1ccccc1)CO2. The van der Waals surface area contributed by atoms with Crippen molar-refractivity contribution in [2.75, 3.05) is 29.8 Å². The van der Waals surface area contributed by atoms with Gasteiger partial charge in [-0.25, -0.2) is 0 Å². The van der Waals surface area contributed by atoms with Crippen LogP contribution in [0.25, 0.3) is 0 Å². The van der Waals surface area contributed by atoms with Crippen LogP contribution in [0.3, 0.4) is 0 Å². The molecule has 0 atom stereocenters. The van der Waals surface area contributed by atoms with Crippen LogP contribution < -0.4 is 14.5 Å². The second kappa shape index (κ2) is 9.27. The number of hydrogen-bond donors (Lipinski definition) is 0. The lowest BCUT2D eigenvalue weighted by molar-refractivity contribution is 0.201. The summed E-state index contributed by atoms with van der Waals surface area (Å²) in [6, 6.07) is 27.7. The van der Waals surface area contributed by atoms with Crippen molar-refractivity contribution in [3.63, 3.8) is 0 Å². The molecule has 1 aliphatic carbocycles. The third kappa shape index (κ3) is 4.28. The summed E-state index contributed by atoms with van der Waals surface area (Å²) in [5.41, 5.74) is 7.29.